The Kier molecular flexibility index (Phi) is 3.32. The van der Waals surface area contributed by atoms with Crippen molar-refractivity contribution >= 4 is 21.8 Å². The monoisotopic (exact) mass is 289 g/mol. The van der Waals surface area contributed by atoms with Crippen LogP contribution in [0, 0.1) is 5.95 Å². The molecule has 94 valence electrons. The molecular weight excluding hydrogens is 284 g/mol. The molecule has 0 radical (unpaired) electrons. The molecule has 0 fully saturated rings. The van der Waals surface area contributed by atoms with Crippen molar-refractivity contribution in [2.75, 3.05) is 0 Å². The number of benzene rings is 1. The van der Waals surface area contributed by atoms with Crippen molar-refractivity contribution < 1.29 is 16.7 Å². The van der Waals surface area contributed by atoms with Gasteiger partial charge < -0.3 is 0 Å². The SMILES string of the molecule is O=S(=O)(F)c1ccc(-c2ccc(Cl)cc2)nc1F. The van der Waals surface area contributed by atoms with Crippen molar-refractivity contribution in [3.8, 4) is 11.3 Å². The maximum atomic E-state index is 13.4. The summed E-state index contributed by atoms with van der Waals surface area (Å²) in [6.07, 6.45) is 0. The molecule has 3 nitrogen and oxygen atoms in total. The molecule has 0 amide bonds. The molecule has 0 saturated carbocycles. The topological polar surface area (TPSA) is 47.0 Å². The van der Waals surface area contributed by atoms with Gasteiger partial charge in [0.15, 0.2) is 4.90 Å². The second kappa shape index (κ2) is 4.62. The van der Waals surface area contributed by atoms with Gasteiger partial charge in [0, 0.05) is 10.6 Å². The zero-order chi connectivity index (χ0) is 13.3. The molecule has 0 unspecified atom stereocenters. The summed E-state index contributed by atoms with van der Waals surface area (Å²) in [4.78, 5) is 2.34. The molecule has 0 aliphatic carbocycles. The zero-order valence-corrected chi connectivity index (χ0v) is 10.3. The Hall–Kier alpha value is -1.53. The third kappa shape index (κ3) is 2.65. The minimum absolute atomic E-state index is 0.191. The van der Waals surface area contributed by atoms with Crippen LogP contribution in [-0.2, 0) is 10.2 Å². The van der Waals surface area contributed by atoms with Gasteiger partial charge in [0.05, 0.1) is 5.69 Å². The Labute approximate surface area is 107 Å². The van der Waals surface area contributed by atoms with E-state index in [0.717, 1.165) is 6.07 Å². The number of nitrogens with zero attached hydrogens (tertiary/aromatic N) is 1. The molecule has 0 spiro atoms. The first-order chi connectivity index (χ1) is 8.38. The first-order valence-corrected chi connectivity index (χ1v) is 6.51. The molecule has 0 aliphatic heterocycles. The van der Waals surface area contributed by atoms with Crippen LogP contribution in [-0.4, -0.2) is 13.4 Å². The highest BCUT2D eigenvalue weighted by molar-refractivity contribution is 7.86. The van der Waals surface area contributed by atoms with Crippen LogP contribution in [0.1, 0.15) is 0 Å². The predicted molar refractivity (Wildman–Crippen MR) is 62.9 cm³/mol. The molecule has 2 rings (SSSR count). The molecule has 1 aromatic heterocycles. The van der Waals surface area contributed by atoms with Gasteiger partial charge in [-0.05, 0) is 24.3 Å². The summed E-state index contributed by atoms with van der Waals surface area (Å²) in [5.41, 5.74) is 0.734. The van der Waals surface area contributed by atoms with E-state index in [4.69, 9.17) is 11.6 Å². The quantitative estimate of drug-likeness (QED) is 0.630. The lowest BCUT2D eigenvalue weighted by molar-refractivity contribution is 0.518. The fourth-order valence-corrected chi connectivity index (χ4v) is 1.99. The van der Waals surface area contributed by atoms with Crippen LogP contribution in [0.2, 0.25) is 5.02 Å². The molecule has 18 heavy (non-hydrogen) atoms. The van der Waals surface area contributed by atoms with Gasteiger partial charge in [-0.2, -0.15) is 12.8 Å². The van der Waals surface area contributed by atoms with E-state index in [9.17, 15) is 16.7 Å². The molecule has 0 aliphatic rings. The zero-order valence-electron chi connectivity index (χ0n) is 8.77. The second-order valence-corrected chi connectivity index (χ2v) is 5.18. The number of hydrogen-bond acceptors (Lipinski definition) is 3. The third-order valence-electron chi connectivity index (χ3n) is 2.22. The van der Waals surface area contributed by atoms with Crippen LogP contribution < -0.4 is 0 Å². The van der Waals surface area contributed by atoms with Crippen LogP contribution >= 0.6 is 11.6 Å². The Morgan fingerprint density at radius 3 is 2.17 bits per heavy atom. The largest absolute Gasteiger partial charge is 0.336 e. The number of rotatable bonds is 2. The second-order valence-electron chi connectivity index (χ2n) is 3.43. The highest BCUT2D eigenvalue weighted by atomic mass is 35.5. The van der Waals surface area contributed by atoms with Gasteiger partial charge in [-0.25, -0.2) is 4.98 Å². The number of aromatic nitrogens is 1. The molecule has 1 heterocycles. The molecule has 0 atom stereocenters. The van der Waals surface area contributed by atoms with Crippen molar-refractivity contribution in [1.82, 2.24) is 4.98 Å². The van der Waals surface area contributed by atoms with Crippen molar-refractivity contribution in [2.45, 2.75) is 4.90 Å². The van der Waals surface area contributed by atoms with Gasteiger partial charge in [0.25, 0.3) is 0 Å². The van der Waals surface area contributed by atoms with Crippen LogP contribution in [0.4, 0.5) is 8.28 Å². The molecule has 7 heteroatoms. The predicted octanol–water partition coefficient (Wildman–Crippen LogP) is 3.20. The minimum atomic E-state index is -5.10. The fraction of sp³-hybridized carbons (Fsp3) is 0. The third-order valence-corrected chi connectivity index (χ3v) is 3.30. The standard InChI is InChI=1S/C11H6ClF2NO2S/c12-8-3-1-7(2-4-8)9-5-6-10(11(13)15-9)18(14,16)17/h1-6H. The summed E-state index contributed by atoms with van der Waals surface area (Å²) in [7, 11) is -5.10. The molecule has 1 aromatic carbocycles. The van der Waals surface area contributed by atoms with E-state index < -0.39 is 21.1 Å². The van der Waals surface area contributed by atoms with Crippen molar-refractivity contribution in [3.05, 3.63) is 47.4 Å². The van der Waals surface area contributed by atoms with E-state index in [0.29, 0.717) is 10.6 Å². The van der Waals surface area contributed by atoms with E-state index in [1.54, 1.807) is 24.3 Å². The van der Waals surface area contributed by atoms with Gasteiger partial charge in [0.2, 0.25) is 5.95 Å². The van der Waals surface area contributed by atoms with E-state index in [1.165, 1.54) is 6.07 Å². The normalized spacial score (nSPS) is 11.5. The lowest BCUT2D eigenvalue weighted by Crippen LogP contribution is -2.00. The summed E-state index contributed by atoms with van der Waals surface area (Å²) in [6, 6.07) is 8.40. The van der Waals surface area contributed by atoms with Gasteiger partial charge in [-0.15, -0.1) is 3.89 Å². The van der Waals surface area contributed by atoms with Crippen LogP contribution in [0.5, 0.6) is 0 Å². The first-order valence-electron chi connectivity index (χ1n) is 4.75. The summed E-state index contributed by atoms with van der Waals surface area (Å²) >= 11 is 5.69. The van der Waals surface area contributed by atoms with E-state index >= 15 is 0 Å². The van der Waals surface area contributed by atoms with E-state index in [1.807, 2.05) is 0 Å². The molecule has 0 bridgehead atoms. The number of pyridine rings is 1. The van der Waals surface area contributed by atoms with Crippen molar-refractivity contribution in [3.63, 3.8) is 0 Å². The van der Waals surface area contributed by atoms with Gasteiger partial charge in [-0.1, -0.05) is 23.7 Å². The van der Waals surface area contributed by atoms with Crippen molar-refractivity contribution in [1.29, 1.82) is 0 Å². The van der Waals surface area contributed by atoms with Gasteiger partial charge >= 0.3 is 10.2 Å². The van der Waals surface area contributed by atoms with E-state index in [2.05, 4.69) is 4.98 Å². The highest BCUT2D eigenvalue weighted by Gasteiger charge is 2.19. The molecule has 2 aromatic rings. The smallest absolute Gasteiger partial charge is 0.218 e. The maximum absolute atomic E-state index is 13.4. The minimum Gasteiger partial charge on any atom is -0.218 e. The maximum Gasteiger partial charge on any atom is 0.336 e. The van der Waals surface area contributed by atoms with Gasteiger partial charge in [0.1, 0.15) is 0 Å². The van der Waals surface area contributed by atoms with Crippen LogP contribution in [0.3, 0.4) is 0 Å². The van der Waals surface area contributed by atoms with E-state index in [-0.39, 0.29) is 5.69 Å². The first kappa shape index (κ1) is 12.9. The highest BCUT2D eigenvalue weighted by Crippen LogP contribution is 2.23. The Morgan fingerprint density at radius 2 is 1.67 bits per heavy atom. The average Bonchev–Trinajstić information content (AvgIpc) is 2.28. The number of hydrogen-bond donors (Lipinski definition) is 0. The lowest BCUT2D eigenvalue weighted by atomic mass is 10.1. The molecular formula is C11H6ClF2NO2S. The summed E-state index contributed by atoms with van der Waals surface area (Å²) in [5, 5.41) is 0.502. The summed E-state index contributed by atoms with van der Waals surface area (Å²) in [6.45, 7) is 0. The summed E-state index contributed by atoms with van der Waals surface area (Å²) < 4.78 is 47.2. The van der Waals surface area contributed by atoms with Gasteiger partial charge in [-0.3, -0.25) is 0 Å². The lowest BCUT2D eigenvalue weighted by Gasteiger charge is -2.03. The van der Waals surface area contributed by atoms with Crippen molar-refractivity contribution in [2.24, 2.45) is 0 Å². The number of halogens is 3. The summed E-state index contributed by atoms with van der Waals surface area (Å²) in [5.74, 6) is -1.37. The fourth-order valence-electron chi connectivity index (χ4n) is 1.38. The Morgan fingerprint density at radius 1 is 1.06 bits per heavy atom. The Balaban J connectivity index is 2.50. The average molecular weight is 290 g/mol. The Bertz CT molecular complexity index is 687. The van der Waals surface area contributed by atoms with Crippen LogP contribution in [0.25, 0.3) is 11.3 Å². The van der Waals surface area contributed by atoms with Crippen LogP contribution in [0.15, 0.2) is 41.3 Å². The molecule has 0 N–H and O–H groups in total. The molecule has 0 saturated heterocycles.